The Labute approximate surface area is 263 Å². The van der Waals surface area contributed by atoms with Crippen LogP contribution in [-0.4, -0.2) is 0 Å². The second-order valence-corrected chi connectivity index (χ2v) is 12.7. The number of anilines is 2. The summed E-state index contributed by atoms with van der Waals surface area (Å²) in [6.45, 7) is 0. The van der Waals surface area contributed by atoms with E-state index in [2.05, 4.69) is 158 Å². The smallest absolute Gasteiger partial charge is 0.387 e. The predicted molar refractivity (Wildman–Crippen MR) is 173 cm³/mol. The third kappa shape index (κ3) is 13.8. The number of diazo groups is 1. The second-order valence-electron chi connectivity index (χ2n) is 5.23. The SMILES string of the molecule is N#[N+]c1cc(I)cc(I)c1.NNc1cc(I)cc(I)c1.Nc1cc(I)cc(I)c1.[Cl-]. The Morgan fingerprint density at radius 2 is 0.967 bits per heavy atom. The van der Waals surface area contributed by atoms with Gasteiger partial charge in [0.1, 0.15) is 0 Å². The quantitative estimate of drug-likeness (QED) is 0.105. The molecule has 30 heavy (non-hydrogen) atoms. The van der Waals surface area contributed by atoms with E-state index in [1.54, 1.807) is 0 Å². The van der Waals surface area contributed by atoms with Crippen molar-refractivity contribution in [3.63, 3.8) is 0 Å². The molecule has 0 aliphatic carbocycles. The topological polar surface area (TPSA) is 92.2 Å². The van der Waals surface area contributed by atoms with Gasteiger partial charge < -0.3 is 23.6 Å². The van der Waals surface area contributed by atoms with Crippen molar-refractivity contribution in [2.75, 3.05) is 11.2 Å². The Morgan fingerprint density at radius 1 is 0.633 bits per heavy atom. The van der Waals surface area contributed by atoms with Crippen LogP contribution in [0.3, 0.4) is 0 Å². The van der Waals surface area contributed by atoms with Gasteiger partial charge in [0, 0.05) is 39.2 Å². The van der Waals surface area contributed by atoms with Crippen LogP contribution in [0.2, 0.25) is 0 Å². The van der Waals surface area contributed by atoms with Crippen molar-refractivity contribution in [3.8, 4) is 0 Å². The minimum absolute atomic E-state index is 0. The molecule has 5 N–H and O–H groups in total. The zero-order valence-corrected chi connectivity index (χ0v) is 28.6. The summed E-state index contributed by atoms with van der Waals surface area (Å²) in [7, 11) is 0. The summed E-state index contributed by atoms with van der Waals surface area (Å²) in [5.74, 6) is 5.23. The number of hydrogen-bond donors (Lipinski definition) is 3. The lowest BCUT2D eigenvalue weighted by molar-refractivity contribution is -0.00000531. The number of nitrogens with one attached hydrogen (secondary N) is 1. The van der Waals surface area contributed by atoms with Crippen LogP contribution in [0.4, 0.5) is 17.1 Å². The molecule has 0 saturated carbocycles. The van der Waals surface area contributed by atoms with E-state index in [0.29, 0.717) is 5.69 Å². The lowest BCUT2D eigenvalue weighted by Gasteiger charge is -2.00. The Bertz CT molecular complexity index is 922. The lowest BCUT2D eigenvalue weighted by Crippen LogP contribution is -3.00. The number of rotatable bonds is 1. The third-order valence-electron chi connectivity index (χ3n) is 2.88. The molecule has 0 fully saturated rings. The molecule has 0 bridgehead atoms. The second kappa shape index (κ2) is 16.9. The van der Waals surface area contributed by atoms with Gasteiger partial charge in [-0.25, -0.2) is 0 Å². The number of hydrazine groups is 1. The number of benzene rings is 3. The van der Waals surface area contributed by atoms with Crippen molar-refractivity contribution in [3.05, 3.63) is 81.0 Å². The molecule has 0 spiro atoms. The van der Waals surface area contributed by atoms with Crippen molar-refractivity contribution in [2.24, 2.45) is 5.84 Å². The average Bonchev–Trinajstić information content (AvgIpc) is 2.60. The number of nitrogens with two attached hydrogens (primary N) is 2. The summed E-state index contributed by atoms with van der Waals surface area (Å²) in [5, 5.41) is 8.40. The molecule has 5 nitrogen and oxygen atoms in total. The molecule has 0 atom stereocenters. The highest BCUT2D eigenvalue weighted by molar-refractivity contribution is 14.1. The first-order chi connectivity index (χ1) is 13.6. The summed E-state index contributed by atoms with van der Waals surface area (Å²) < 4.78 is 6.93. The van der Waals surface area contributed by atoms with E-state index in [4.69, 9.17) is 17.0 Å². The first kappa shape index (κ1) is 31.3. The van der Waals surface area contributed by atoms with Crippen LogP contribution >= 0.6 is 136 Å². The molecule has 160 valence electrons. The Morgan fingerprint density at radius 3 is 1.27 bits per heavy atom. The summed E-state index contributed by atoms with van der Waals surface area (Å²) in [6, 6.07) is 17.7. The van der Waals surface area contributed by atoms with E-state index in [1.165, 1.54) is 14.3 Å². The molecule has 3 aromatic carbocycles. The molecule has 0 saturated heterocycles. The molecule has 0 heterocycles. The highest BCUT2D eigenvalue weighted by Gasteiger charge is 2.05. The van der Waals surface area contributed by atoms with Gasteiger partial charge in [-0.2, -0.15) is 0 Å². The van der Waals surface area contributed by atoms with Crippen LogP contribution in [0, 0.1) is 26.8 Å². The molecule has 0 aromatic heterocycles. The van der Waals surface area contributed by atoms with Crippen LogP contribution in [0.5, 0.6) is 0 Å². The average molecular weight is 1100 g/mol. The van der Waals surface area contributed by atoms with E-state index in [0.717, 1.165) is 18.5 Å². The summed E-state index contributed by atoms with van der Waals surface area (Å²) in [5.41, 5.74) is 10.6. The molecule has 3 aromatic rings. The number of nitrogens with zero attached hydrogens (tertiary/aromatic N) is 2. The molecule has 0 aliphatic heterocycles. The molecular formula is C18H14ClI6N5. The molecule has 0 radical (unpaired) electrons. The maximum Gasteiger partial charge on any atom is 0.387 e. The van der Waals surface area contributed by atoms with E-state index in [-0.39, 0.29) is 12.4 Å². The Kier molecular flexibility index (Phi) is 17.6. The van der Waals surface area contributed by atoms with Gasteiger partial charge in [0.25, 0.3) is 0 Å². The fourth-order valence-corrected chi connectivity index (χ4v) is 7.64. The van der Waals surface area contributed by atoms with Gasteiger partial charge in [-0.15, -0.1) is 0 Å². The minimum atomic E-state index is 0. The fraction of sp³-hybridized carbons (Fsp3) is 0. The number of hydrogen-bond acceptors (Lipinski definition) is 4. The van der Waals surface area contributed by atoms with Crippen molar-refractivity contribution in [2.45, 2.75) is 0 Å². The minimum Gasteiger partial charge on any atom is -1.00 e. The zero-order chi connectivity index (χ0) is 22.0. The molecule has 3 rings (SSSR count). The van der Waals surface area contributed by atoms with Gasteiger partial charge in [0.2, 0.25) is 5.39 Å². The highest BCUT2D eigenvalue weighted by atomic mass is 127. The standard InChI is InChI=1S/C6H6I2N2.C6H3I2N2.C6H5I2N.ClH/c2*7-4-1-5(8)3-6(2-4)10-9;7-4-1-5(8)3-6(9)2-4;/h1-3,10H,9H2;1-3H;1-3H,9H2;1H/q;+1;;/p-1. The monoisotopic (exact) mass is 1100 g/mol. The van der Waals surface area contributed by atoms with Gasteiger partial charge in [0.05, 0.1) is 5.69 Å². The molecular weight excluding hydrogens is 1080 g/mol. The first-order valence-electron chi connectivity index (χ1n) is 7.58. The van der Waals surface area contributed by atoms with E-state index in [9.17, 15) is 0 Å². The first-order valence-corrected chi connectivity index (χ1v) is 14.1. The van der Waals surface area contributed by atoms with Crippen LogP contribution in [-0.2, 0) is 0 Å². The van der Waals surface area contributed by atoms with Gasteiger partial charge in [-0.1, -0.05) is 0 Å². The number of halogens is 7. The van der Waals surface area contributed by atoms with Gasteiger partial charge >= 0.3 is 5.69 Å². The summed E-state index contributed by atoms with van der Waals surface area (Å²) in [4.78, 5) is 3.08. The molecule has 0 unspecified atom stereocenters. The van der Waals surface area contributed by atoms with E-state index in [1.807, 2.05) is 42.5 Å². The van der Waals surface area contributed by atoms with Crippen LogP contribution in [0.25, 0.3) is 4.98 Å². The highest BCUT2D eigenvalue weighted by Crippen LogP contribution is 2.20. The molecule has 0 aliphatic rings. The van der Waals surface area contributed by atoms with Crippen molar-refractivity contribution >= 4 is 153 Å². The third-order valence-corrected chi connectivity index (χ3v) is 6.61. The maximum absolute atomic E-state index is 8.40. The number of nitrogen functional groups attached to an aromatic ring is 2. The van der Waals surface area contributed by atoms with Crippen molar-refractivity contribution in [1.82, 2.24) is 0 Å². The summed E-state index contributed by atoms with van der Waals surface area (Å²) >= 11 is 13.4. The zero-order valence-electron chi connectivity index (χ0n) is 14.9. The Hall–Kier alpha value is 1.31. The summed E-state index contributed by atoms with van der Waals surface area (Å²) in [6.07, 6.45) is 0. The molecule has 0 amide bonds. The Balaban J connectivity index is 0.000000414. The van der Waals surface area contributed by atoms with Crippen LogP contribution in [0.15, 0.2) is 54.6 Å². The van der Waals surface area contributed by atoms with Gasteiger partial charge in [0.15, 0.2) is 4.98 Å². The van der Waals surface area contributed by atoms with Gasteiger partial charge in [-0.05, 0) is 178 Å². The van der Waals surface area contributed by atoms with Crippen molar-refractivity contribution < 1.29 is 12.4 Å². The fourth-order valence-electron chi connectivity index (χ4n) is 1.81. The van der Waals surface area contributed by atoms with Crippen molar-refractivity contribution in [1.29, 1.82) is 5.39 Å². The van der Waals surface area contributed by atoms with Gasteiger partial charge in [-0.3, -0.25) is 5.84 Å². The van der Waals surface area contributed by atoms with E-state index < -0.39 is 0 Å². The molecule has 12 heteroatoms. The maximum atomic E-state index is 8.40. The van der Waals surface area contributed by atoms with Crippen LogP contribution < -0.4 is 29.4 Å². The predicted octanol–water partition coefficient (Wildman–Crippen LogP) is 5.04. The lowest BCUT2D eigenvalue weighted by atomic mass is 10.3. The normalized spacial score (nSPS) is 9.00. The largest absolute Gasteiger partial charge is 1.00 e. The van der Waals surface area contributed by atoms with E-state index >= 15 is 0 Å². The van der Waals surface area contributed by atoms with Crippen LogP contribution in [0.1, 0.15) is 0 Å².